The maximum Gasteiger partial charge on any atom is 0.305 e. The van der Waals surface area contributed by atoms with Crippen molar-refractivity contribution in [2.24, 2.45) is 11.8 Å². The number of nitrogens with one attached hydrogen (secondary N) is 1. The molecule has 10 heteroatoms. The minimum atomic E-state index is -3.93. The third-order valence-electron chi connectivity index (χ3n) is 8.09. The molecule has 204 valence electrons. The number of nitrogens with zero attached hydrogens (tertiary/aromatic N) is 2. The van der Waals surface area contributed by atoms with Crippen molar-refractivity contribution in [3.8, 4) is 0 Å². The number of sulfonamides is 1. The van der Waals surface area contributed by atoms with Crippen LogP contribution in [-0.2, 0) is 30.2 Å². The lowest BCUT2D eigenvalue weighted by Crippen LogP contribution is -2.57. The quantitative estimate of drug-likeness (QED) is 0.503. The van der Waals surface area contributed by atoms with Crippen LogP contribution in [0.2, 0.25) is 0 Å². The Bertz CT molecular complexity index is 1050. The molecule has 4 rings (SSSR count). The second-order valence-corrected chi connectivity index (χ2v) is 12.6. The molecular weight excluding hydrogens is 494 g/mol. The van der Waals surface area contributed by atoms with Crippen molar-refractivity contribution in [1.29, 1.82) is 0 Å². The third-order valence-corrected chi connectivity index (χ3v) is 9.89. The Morgan fingerprint density at radius 2 is 1.54 bits per heavy atom. The highest BCUT2D eigenvalue weighted by Gasteiger charge is 2.47. The minimum absolute atomic E-state index is 0.0204. The van der Waals surface area contributed by atoms with Gasteiger partial charge in [-0.3, -0.25) is 14.4 Å². The van der Waals surface area contributed by atoms with Crippen molar-refractivity contribution >= 4 is 27.8 Å². The summed E-state index contributed by atoms with van der Waals surface area (Å²) in [6.07, 6.45) is 7.60. The van der Waals surface area contributed by atoms with Crippen molar-refractivity contribution in [2.45, 2.75) is 88.6 Å². The van der Waals surface area contributed by atoms with E-state index in [1.54, 1.807) is 30.3 Å². The van der Waals surface area contributed by atoms with Crippen molar-refractivity contribution in [3.63, 3.8) is 0 Å². The molecule has 1 heterocycles. The SMILES string of the molecule is O=C(O)CC(NC(=O)C1N(C(=O)C2CCCCC2)CCN1S(=O)(=O)Cc1ccccc1)C1CCCCC1. The molecule has 1 aromatic carbocycles. The van der Waals surface area contributed by atoms with Gasteiger partial charge in [0.05, 0.1) is 12.2 Å². The third kappa shape index (κ3) is 6.90. The Kier molecular flexibility index (Phi) is 9.23. The average molecular weight is 534 g/mol. The van der Waals surface area contributed by atoms with E-state index >= 15 is 0 Å². The van der Waals surface area contributed by atoms with Gasteiger partial charge in [-0.1, -0.05) is 68.9 Å². The van der Waals surface area contributed by atoms with Crippen LogP contribution in [0.25, 0.3) is 0 Å². The van der Waals surface area contributed by atoms with Crippen LogP contribution >= 0.6 is 0 Å². The summed E-state index contributed by atoms with van der Waals surface area (Å²) in [6.45, 7) is 0.188. The number of rotatable bonds is 9. The number of amides is 2. The van der Waals surface area contributed by atoms with Gasteiger partial charge in [0.25, 0.3) is 5.91 Å². The fourth-order valence-electron chi connectivity index (χ4n) is 6.17. The Morgan fingerprint density at radius 3 is 2.16 bits per heavy atom. The van der Waals surface area contributed by atoms with Crippen LogP contribution in [0.15, 0.2) is 30.3 Å². The number of benzene rings is 1. The van der Waals surface area contributed by atoms with E-state index in [4.69, 9.17) is 0 Å². The normalized spacial score (nSPS) is 23.0. The fourth-order valence-corrected chi connectivity index (χ4v) is 7.82. The lowest BCUT2D eigenvalue weighted by atomic mass is 9.82. The number of aliphatic carboxylic acids is 1. The van der Waals surface area contributed by atoms with E-state index in [1.165, 1.54) is 4.90 Å². The van der Waals surface area contributed by atoms with Gasteiger partial charge in [0, 0.05) is 25.0 Å². The zero-order chi connectivity index (χ0) is 26.4. The highest BCUT2D eigenvalue weighted by molar-refractivity contribution is 7.88. The van der Waals surface area contributed by atoms with Gasteiger partial charge in [0.15, 0.2) is 6.17 Å². The Labute approximate surface area is 219 Å². The first-order chi connectivity index (χ1) is 17.8. The van der Waals surface area contributed by atoms with Crippen molar-refractivity contribution in [1.82, 2.24) is 14.5 Å². The molecule has 2 aliphatic carbocycles. The summed E-state index contributed by atoms with van der Waals surface area (Å²) in [7, 11) is -3.93. The second-order valence-electron chi connectivity index (χ2n) is 10.7. The van der Waals surface area contributed by atoms with Gasteiger partial charge < -0.3 is 15.3 Å². The van der Waals surface area contributed by atoms with Crippen LogP contribution in [0.1, 0.15) is 76.2 Å². The molecule has 1 saturated heterocycles. The molecule has 2 atom stereocenters. The molecule has 1 aliphatic heterocycles. The number of hydrogen-bond donors (Lipinski definition) is 2. The number of carbonyl (C=O) groups excluding carboxylic acids is 2. The molecule has 2 amide bonds. The van der Waals surface area contributed by atoms with Crippen LogP contribution < -0.4 is 5.32 Å². The lowest BCUT2D eigenvalue weighted by Gasteiger charge is -2.35. The molecule has 37 heavy (non-hydrogen) atoms. The lowest BCUT2D eigenvalue weighted by molar-refractivity contribution is -0.145. The molecule has 1 aromatic rings. The summed E-state index contributed by atoms with van der Waals surface area (Å²) in [4.78, 5) is 40.4. The Hall–Kier alpha value is -2.46. The van der Waals surface area contributed by atoms with Crippen molar-refractivity contribution < 1.29 is 27.9 Å². The van der Waals surface area contributed by atoms with Gasteiger partial charge in [0.1, 0.15) is 0 Å². The second kappa shape index (κ2) is 12.4. The van der Waals surface area contributed by atoms with Gasteiger partial charge >= 0.3 is 5.97 Å². The van der Waals surface area contributed by atoms with Gasteiger partial charge in [-0.25, -0.2) is 8.42 Å². The first kappa shape index (κ1) is 27.6. The summed E-state index contributed by atoms with van der Waals surface area (Å²) in [5.41, 5.74) is 0.602. The van der Waals surface area contributed by atoms with Gasteiger partial charge in [0.2, 0.25) is 15.9 Å². The van der Waals surface area contributed by atoms with Crippen LogP contribution in [0, 0.1) is 11.8 Å². The molecule has 2 N–H and O–H groups in total. The van der Waals surface area contributed by atoms with E-state index in [0.717, 1.165) is 68.5 Å². The zero-order valence-electron chi connectivity index (χ0n) is 21.4. The molecule has 3 aliphatic rings. The average Bonchev–Trinajstić information content (AvgIpc) is 3.35. The van der Waals surface area contributed by atoms with E-state index in [-0.39, 0.29) is 43.0 Å². The number of carbonyl (C=O) groups is 3. The number of carboxylic acid groups (broad SMARTS) is 1. The molecule has 0 radical (unpaired) electrons. The summed E-state index contributed by atoms with van der Waals surface area (Å²) in [5, 5.41) is 12.4. The predicted octanol–water partition coefficient (Wildman–Crippen LogP) is 3.11. The van der Waals surface area contributed by atoms with Crippen LogP contribution in [-0.4, -0.2) is 65.8 Å². The highest BCUT2D eigenvalue weighted by atomic mass is 32.2. The molecule has 0 aromatic heterocycles. The highest BCUT2D eigenvalue weighted by Crippen LogP contribution is 2.31. The Balaban J connectivity index is 1.60. The smallest absolute Gasteiger partial charge is 0.305 e. The van der Waals surface area contributed by atoms with Crippen LogP contribution in [0.3, 0.4) is 0 Å². The van der Waals surface area contributed by atoms with Crippen molar-refractivity contribution in [2.75, 3.05) is 13.1 Å². The molecule has 2 saturated carbocycles. The summed E-state index contributed by atoms with van der Waals surface area (Å²) >= 11 is 0. The molecule has 0 bridgehead atoms. The summed E-state index contributed by atoms with van der Waals surface area (Å²) in [5.74, 6) is -2.25. The van der Waals surface area contributed by atoms with E-state index in [2.05, 4.69) is 5.32 Å². The summed E-state index contributed by atoms with van der Waals surface area (Å²) < 4.78 is 28.2. The first-order valence-electron chi connectivity index (χ1n) is 13.6. The van der Waals surface area contributed by atoms with Gasteiger partial charge in [-0.15, -0.1) is 0 Å². The zero-order valence-corrected chi connectivity index (χ0v) is 22.2. The van der Waals surface area contributed by atoms with Crippen LogP contribution in [0.4, 0.5) is 0 Å². The van der Waals surface area contributed by atoms with Gasteiger partial charge in [-0.2, -0.15) is 4.31 Å². The first-order valence-corrected chi connectivity index (χ1v) is 15.2. The van der Waals surface area contributed by atoms with E-state index in [1.807, 2.05) is 0 Å². The largest absolute Gasteiger partial charge is 0.481 e. The maximum atomic E-state index is 13.8. The molecule has 3 fully saturated rings. The molecule has 9 nitrogen and oxygen atoms in total. The molecule has 0 spiro atoms. The maximum absolute atomic E-state index is 13.8. The minimum Gasteiger partial charge on any atom is -0.481 e. The van der Waals surface area contributed by atoms with Crippen LogP contribution in [0.5, 0.6) is 0 Å². The summed E-state index contributed by atoms with van der Waals surface area (Å²) in [6, 6.07) is 8.17. The van der Waals surface area contributed by atoms with Gasteiger partial charge in [-0.05, 0) is 37.2 Å². The fraction of sp³-hybridized carbons (Fsp3) is 0.667. The van der Waals surface area contributed by atoms with E-state index < -0.39 is 34.1 Å². The van der Waals surface area contributed by atoms with Crippen molar-refractivity contribution in [3.05, 3.63) is 35.9 Å². The Morgan fingerprint density at radius 1 is 0.919 bits per heavy atom. The number of carboxylic acids is 1. The topological polar surface area (TPSA) is 124 Å². The monoisotopic (exact) mass is 533 g/mol. The molecular formula is C27H39N3O6S. The van der Waals surface area contributed by atoms with E-state index in [0.29, 0.717) is 5.56 Å². The predicted molar refractivity (Wildman–Crippen MR) is 139 cm³/mol. The number of hydrogen-bond acceptors (Lipinski definition) is 5. The molecule has 2 unspecified atom stereocenters. The standard InChI is InChI=1S/C27H39N3O6S/c31-24(32)18-23(21-12-6-2-7-13-21)28-25(33)26-29(27(34)22-14-8-3-9-15-22)16-17-30(26)37(35,36)19-20-10-4-1-5-11-20/h1,4-5,10-11,21-23,26H,2-3,6-9,12-19H2,(H,28,33)(H,31,32). The van der Waals surface area contributed by atoms with E-state index in [9.17, 15) is 27.9 Å².